The summed E-state index contributed by atoms with van der Waals surface area (Å²) >= 11 is 5.86. The summed E-state index contributed by atoms with van der Waals surface area (Å²) in [6.45, 7) is 3.70. The van der Waals surface area contributed by atoms with Crippen LogP contribution in [0.3, 0.4) is 0 Å². The predicted octanol–water partition coefficient (Wildman–Crippen LogP) is 5.57. The molecule has 26 heavy (non-hydrogen) atoms. The molecule has 3 aromatic rings. The average molecular weight is 379 g/mol. The molecule has 3 rings (SSSR count). The van der Waals surface area contributed by atoms with Crippen molar-refractivity contribution in [2.45, 2.75) is 20.0 Å². The second kappa shape index (κ2) is 6.92. The van der Waals surface area contributed by atoms with E-state index in [0.29, 0.717) is 11.4 Å². The second-order valence-corrected chi connectivity index (χ2v) is 6.08. The van der Waals surface area contributed by atoms with Crippen molar-refractivity contribution < 1.29 is 13.2 Å². The first-order chi connectivity index (χ1) is 12.3. The molecule has 0 aliphatic heterocycles. The third-order valence-corrected chi connectivity index (χ3v) is 3.95. The summed E-state index contributed by atoms with van der Waals surface area (Å²) in [5, 5.41) is 2.06. The van der Waals surface area contributed by atoms with E-state index in [-0.39, 0.29) is 5.82 Å². The Hall–Kier alpha value is -2.67. The van der Waals surface area contributed by atoms with Crippen LogP contribution in [-0.2, 0) is 6.18 Å². The van der Waals surface area contributed by atoms with Crippen molar-refractivity contribution in [3.8, 4) is 11.5 Å². The highest BCUT2D eigenvalue weighted by Crippen LogP contribution is 2.40. The largest absolute Gasteiger partial charge is 0.422 e. The molecule has 0 saturated carbocycles. The van der Waals surface area contributed by atoms with Crippen LogP contribution in [0, 0.1) is 13.8 Å². The first kappa shape index (κ1) is 18.1. The number of nitrogens with zero attached hydrogens (tertiary/aromatic N) is 3. The highest BCUT2D eigenvalue weighted by Gasteiger charge is 2.39. The number of aromatic nitrogens is 3. The monoisotopic (exact) mass is 378 g/mol. The lowest BCUT2D eigenvalue weighted by molar-refractivity contribution is -0.137. The van der Waals surface area contributed by atoms with Gasteiger partial charge in [-0.15, -0.1) is 0 Å². The number of nitrogens with one attached hydrogen (secondary N) is 1. The smallest absolute Gasteiger partial charge is 0.339 e. The molecule has 1 aromatic carbocycles. The first-order valence-corrected chi connectivity index (χ1v) is 8.04. The molecule has 0 bridgehead atoms. The van der Waals surface area contributed by atoms with Crippen LogP contribution in [0.4, 0.5) is 24.7 Å². The van der Waals surface area contributed by atoms with Gasteiger partial charge in [0.1, 0.15) is 22.2 Å². The standard InChI is InChI=1S/C18H14ClF3N4/c1-10-6-7-12(11(2)9-10)24-17-14(18(20,21)22)15(19)25-16(26-17)13-5-3-4-8-23-13/h3-9H,1-2H3,(H,24,25,26). The third kappa shape index (κ3) is 3.77. The second-order valence-electron chi connectivity index (χ2n) is 5.72. The highest BCUT2D eigenvalue weighted by molar-refractivity contribution is 6.30. The Bertz CT molecular complexity index is 943. The van der Waals surface area contributed by atoms with Crippen LogP contribution >= 0.6 is 11.6 Å². The summed E-state index contributed by atoms with van der Waals surface area (Å²) in [4.78, 5) is 11.9. The van der Waals surface area contributed by atoms with Gasteiger partial charge in [-0.1, -0.05) is 35.4 Å². The highest BCUT2D eigenvalue weighted by atomic mass is 35.5. The summed E-state index contributed by atoms with van der Waals surface area (Å²) in [7, 11) is 0. The van der Waals surface area contributed by atoms with Gasteiger partial charge in [0.15, 0.2) is 5.82 Å². The number of aryl methyl sites for hydroxylation is 2. The number of hydrogen-bond donors (Lipinski definition) is 1. The molecule has 0 spiro atoms. The van der Waals surface area contributed by atoms with E-state index in [9.17, 15) is 13.2 Å². The van der Waals surface area contributed by atoms with E-state index in [1.54, 1.807) is 37.3 Å². The van der Waals surface area contributed by atoms with Gasteiger partial charge in [-0.2, -0.15) is 13.2 Å². The maximum atomic E-state index is 13.5. The molecule has 4 nitrogen and oxygen atoms in total. The van der Waals surface area contributed by atoms with Gasteiger partial charge in [0.25, 0.3) is 0 Å². The van der Waals surface area contributed by atoms with Crippen molar-refractivity contribution >= 4 is 23.1 Å². The van der Waals surface area contributed by atoms with Gasteiger partial charge in [-0.25, -0.2) is 9.97 Å². The number of benzene rings is 1. The van der Waals surface area contributed by atoms with Crippen molar-refractivity contribution in [2.75, 3.05) is 5.32 Å². The van der Waals surface area contributed by atoms with E-state index in [1.165, 1.54) is 6.20 Å². The minimum absolute atomic E-state index is 0.0101. The zero-order valence-corrected chi connectivity index (χ0v) is 14.7. The Labute approximate surface area is 153 Å². The SMILES string of the molecule is Cc1ccc(Nc2nc(-c3ccccn3)nc(Cl)c2C(F)(F)F)c(C)c1. The van der Waals surface area contributed by atoms with Crippen molar-refractivity contribution in [2.24, 2.45) is 0 Å². The zero-order valence-electron chi connectivity index (χ0n) is 13.9. The molecular formula is C18H14ClF3N4. The van der Waals surface area contributed by atoms with Crippen LogP contribution in [-0.4, -0.2) is 15.0 Å². The molecule has 0 saturated heterocycles. The van der Waals surface area contributed by atoms with Crippen molar-refractivity contribution in [3.63, 3.8) is 0 Å². The Morgan fingerprint density at radius 2 is 1.81 bits per heavy atom. The van der Waals surface area contributed by atoms with Crippen molar-refractivity contribution in [1.82, 2.24) is 15.0 Å². The Morgan fingerprint density at radius 3 is 2.42 bits per heavy atom. The average Bonchev–Trinajstić information content (AvgIpc) is 2.56. The van der Waals surface area contributed by atoms with Crippen LogP contribution in [0.25, 0.3) is 11.5 Å². The topological polar surface area (TPSA) is 50.7 Å². The van der Waals surface area contributed by atoms with Gasteiger partial charge in [0.05, 0.1) is 0 Å². The number of pyridine rings is 1. The van der Waals surface area contributed by atoms with Gasteiger partial charge in [0.2, 0.25) is 0 Å². The number of hydrogen-bond acceptors (Lipinski definition) is 4. The summed E-state index contributed by atoms with van der Waals surface area (Å²) in [6, 6.07) is 10.3. The predicted molar refractivity (Wildman–Crippen MR) is 94.5 cm³/mol. The molecule has 1 N–H and O–H groups in total. The Kier molecular flexibility index (Phi) is 4.82. The van der Waals surface area contributed by atoms with Crippen LogP contribution in [0.5, 0.6) is 0 Å². The number of alkyl halides is 3. The molecule has 0 atom stereocenters. The normalized spacial score (nSPS) is 11.5. The molecule has 0 aliphatic carbocycles. The van der Waals surface area contributed by atoms with Crippen molar-refractivity contribution in [3.05, 3.63) is 64.4 Å². The van der Waals surface area contributed by atoms with Crippen molar-refractivity contribution in [1.29, 1.82) is 0 Å². The molecule has 0 fully saturated rings. The molecule has 2 aromatic heterocycles. The number of anilines is 2. The van der Waals surface area contributed by atoms with E-state index in [0.717, 1.165) is 11.1 Å². The molecule has 0 radical (unpaired) electrons. The lowest BCUT2D eigenvalue weighted by Crippen LogP contribution is -2.14. The fourth-order valence-corrected chi connectivity index (χ4v) is 2.74. The minimum Gasteiger partial charge on any atom is -0.339 e. The maximum Gasteiger partial charge on any atom is 0.422 e. The molecule has 8 heteroatoms. The molecular weight excluding hydrogens is 365 g/mol. The lowest BCUT2D eigenvalue weighted by Gasteiger charge is -2.17. The van der Waals surface area contributed by atoms with Crippen LogP contribution in [0.15, 0.2) is 42.6 Å². The maximum absolute atomic E-state index is 13.5. The number of halogens is 4. The molecule has 2 heterocycles. The minimum atomic E-state index is -4.71. The quantitative estimate of drug-likeness (QED) is 0.605. The van der Waals surface area contributed by atoms with E-state index in [1.807, 2.05) is 13.0 Å². The van der Waals surface area contributed by atoms with Gasteiger partial charge < -0.3 is 5.32 Å². The number of rotatable bonds is 3. The van der Waals surface area contributed by atoms with Gasteiger partial charge in [-0.3, -0.25) is 4.98 Å². The fourth-order valence-electron chi connectivity index (χ4n) is 2.47. The van der Waals surface area contributed by atoms with Crippen LogP contribution in [0.1, 0.15) is 16.7 Å². The molecule has 0 aliphatic rings. The zero-order chi connectivity index (χ0) is 18.9. The molecule has 0 unspecified atom stereocenters. The lowest BCUT2D eigenvalue weighted by atomic mass is 10.1. The Morgan fingerprint density at radius 1 is 1.04 bits per heavy atom. The van der Waals surface area contributed by atoms with Crippen LogP contribution in [0.2, 0.25) is 5.15 Å². The third-order valence-electron chi connectivity index (χ3n) is 3.68. The van der Waals surface area contributed by atoms with E-state index in [2.05, 4.69) is 20.3 Å². The first-order valence-electron chi connectivity index (χ1n) is 7.66. The van der Waals surface area contributed by atoms with E-state index < -0.39 is 22.7 Å². The fraction of sp³-hybridized carbons (Fsp3) is 0.167. The van der Waals surface area contributed by atoms with Gasteiger partial charge >= 0.3 is 6.18 Å². The van der Waals surface area contributed by atoms with E-state index in [4.69, 9.17) is 11.6 Å². The Balaban J connectivity index is 2.15. The van der Waals surface area contributed by atoms with Crippen LogP contribution < -0.4 is 5.32 Å². The summed E-state index contributed by atoms with van der Waals surface area (Å²) < 4.78 is 40.5. The van der Waals surface area contributed by atoms with Gasteiger partial charge in [-0.05, 0) is 37.6 Å². The summed E-state index contributed by atoms with van der Waals surface area (Å²) in [5.41, 5.74) is 1.50. The molecule has 0 amide bonds. The van der Waals surface area contributed by atoms with E-state index >= 15 is 0 Å². The summed E-state index contributed by atoms with van der Waals surface area (Å²) in [5.74, 6) is -0.402. The molecule has 134 valence electrons. The summed E-state index contributed by atoms with van der Waals surface area (Å²) in [6.07, 6.45) is -3.21. The van der Waals surface area contributed by atoms with Gasteiger partial charge in [0, 0.05) is 11.9 Å².